The minimum atomic E-state index is 0.658. The van der Waals surface area contributed by atoms with E-state index in [0.29, 0.717) is 5.82 Å². The molecule has 6 aromatic carbocycles. The Morgan fingerprint density at radius 2 is 0.957 bits per heavy atom. The van der Waals surface area contributed by atoms with E-state index >= 15 is 0 Å². The second-order valence-electron chi connectivity index (χ2n) is 11.6. The molecule has 0 aliphatic heterocycles. The average Bonchev–Trinajstić information content (AvgIpc) is 3.49. The van der Waals surface area contributed by atoms with E-state index in [2.05, 4.69) is 112 Å². The molecule has 0 atom stereocenters. The van der Waals surface area contributed by atoms with E-state index in [0.717, 1.165) is 55.9 Å². The Bertz CT molecular complexity index is 2490. The second-order valence-corrected chi connectivity index (χ2v) is 11.6. The van der Waals surface area contributed by atoms with Gasteiger partial charge in [0.15, 0.2) is 5.82 Å². The quantitative estimate of drug-likeness (QED) is 0.197. The highest BCUT2D eigenvalue weighted by Gasteiger charge is 2.15. The molecule has 0 fully saturated rings. The highest BCUT2D eigenvalue weighted by Crippen LogP contribution is 2.34. The van der Waals surface area contributed by atoms with Crippen LogP contribution in [0.25, 0.3) is 83.6 Å². The van der Waals surface area contributed by atoms with Gasteiger partial charge >= 0.3 is 0 Å². The molecule has 0 radical (unpaired) electrons. The van der Waals surface area contributed by atoms with Gasteiger partial charge < -0.3 is 4.57 Å². The van der Waals surface area contributed by atoms with Crippen LogP contribution in [-0.2, 0) is 0 Å². The maximum Gasteiger partial charge on any atom is 0.160 e. The van der Waals surface area contributed by atoms with Crippen LogP contribution in [0.2, 0.25) is 0 Å². The summed E-state index contributed by atoms with van der Waals surface area (Å²) in [6.07, 6.45) is 1.60. The number of hydrogen-bond acceptors (Lipinski definition) is 4. The highest BCUT2D eigenvalue weighted by atomic mass is 15.0. The maximum absolute atomic E-state index is 5.01. The summed E-state index contributed by atoms with van der Waals surface area (Å²) < 4.78 is 2.34. The van der Waals surface area contributed by atoms with Crippen molar-refractivity contribution in [3.8, 4) is 50.8 Å². The number of para-hydroxylation sites is 3. The summed E-state index contributed by atoms with van der Waals surface area (Å²) in [4.78, 5) is 19.1. The first-order valence-corrected chi connectivity index (χ1v) is 15.6. The predicted molar refractivity (Wildman–Crippen MR) is 191 cm³/mol. The zero-order valence-electron chi connectivity index (χ0n) is 25.3. The third-order valence-corrected chi connectivity index (χ3v) is 8.76. The number of nitrogens with zero attached hydrogens (tertiary/aromatic N) is 5. The fourth-order valence-electron chi connectivity index (χ4n) is 6.48. The minimum absolute atomic E-state index is 0.658. The van der Waals surface area contributed by atoms with E-state index in [1.165, 1.54) is 21.8 Å². The van der Waals surface area contributed by atoms with Crippen molar-refractivity contribution in [1.29, 1.82) is 0 Å². The smallest absolute Gasteiger partial charge is 0.160 e. The molecule has 0 aliphatic rings. The van der Waals surface area contributed by atoms with Gasteiger partial charge in [-0.25, -0.2) is 19.9 Å². The van der Waals surface area contributed by atoms with E-state index < -0.39 is 0 Å². The molecule has 3 heterocycles. The highest BCUT2D eigenvalue weighted by molar-refractivity contribution is 6.09. The fourth-order valence-corrected chi connectivity index (χ4v) is 6.48. The van der Waals surface area contributed by atoms with E-state index in [1.807, 2.05) is 60.7 Å². The third kappa shape index (κ3) is 4.73. The molecule has 0 N–H and O–H groups in total. The largest absolute Gasteiger partial charge is 0.309 e. The van der Waals surface area contributed by atoms with Gasteiger partial charge in [-0.1, -0.05) is 121 Å². The van der Waals surface area contributed by atoms with Crippen LogP contribution >= 0.6 is 0 Å². The summed E-state index contributed by atoms with van der Waals surface area (Å²) in [6, 6.07) is 54.7. The van der Waals surface area contributed by atoms with Gasteiger partial charge in [0.2, 0.25) is 0 Å². The molecule has 0 saturated heterocycles. The first-order valence-electron chi connectivity index (χ1n) is 15.6. The fraction of sp³-hybridized carbons (Fsp3) is 0. The van der Waals surface area contributed by atoms with Crippen LogP contribution < -0.4 is 0 Å². The predicted octanol–water partition coefficient (Wildman–Crippen LogP) is 10.2. The normalized spacial score (nSPS) is 11.4. The van der Waals surface area contributed by atoms with Crippen molar-refractivity contribution in [3.63, 3.8) is 0 Å². The van der Waals surface area contributed by atoms with E-state index in [9.17, 15) is 0 Å². The molecule has 9 rings (SSSR count). The standard InChI is InChI=1S/C42H27N5/c1-2-10-31(11-3-1)42-45-37(26-38(46-42)41-35-14-4-7-15-36(35)43-27-44-41)30-20-18-28(19-21-30)29-22-24-32(25-23-29)47-39-16-8-5-12-33(39)34-13-6-9-17-40(34)47/h1-27H. The van der Waals surface area contributed by atoms with Crippen LogP contribution in [0.5, 0.6) is 0 Å². The summed E-state index contributed by atoms with van der Waals surface area (Å²) in [5, 5.41) is 3.48. The topological polar surface area (TPSA) is 56.5 Å². The summed E-state index contributed by atoms with van der Waals surface area (Å²) in [7, 11) is 0. The van der Waals surface area contributed by atoms with Gasteiger partial charge in [-0.2, -0.15) is 0 Å². The molecule has 220 valence electrons. The molecule has 3 aromatic heterocycles. The molecule has 0 saturated carbocycles. The number of aromatic nitrogens is 5. The molecule has 0 spiro atoms. The van der Waals surface area contributed by atoms with Gasteiger partial charge in [0, 0.05) is 33.0 Å². The first-order chi connectivity index (χ1) is 23.3. The number of fused-ring (bicyclic) bond motifs is 4. The summed E-state index contributed by atoms with van der Waals surface area (Å²) in [5.41, 5.74) is 11.1. The Morgan fingerprint density at radius 3 is 1.66 bits per heavy atom. The van der Waals surface area contributed by atoms with Crippen molar-refractivity contribution in [3.05, 3.63) is 164 Å². The first kappa shape index (κ1) is 26.9. The lowest BCUT2D eigenvalue weighted by atomic mass is 10.0. The van der Waals surface area contributed by atoms with Crippen molar-refractivity contribution >= 4 is 32.7 Å². The molecular weight excluding hydrogens is 574 g/mol. The minimum Gasteiger partial charge on any atom is -0.309 e. The van der Waals surface area contributed by atoms with Crippen LogP contribution in [0.15, 0.2) is 164 Å². The van der Waals surface area contributed by atoms with Crippen molar-refractivity contribution in [2.75, 3.05) is 0 Å². The molecule has 0 unspecified atom stereocenters. The number of benzene rings is 6. The van der Waals surface area contributed by atoms with Crippen LogP contribution in [0.4, 0.5) is 0 Å². The molecule has 47 heavy (non-hydrogen) atoms. The molecule has 9 aromatic rings. The Morgan fingerprint density at radius 1 is 0.404 bits per heavy atom. The average molecular weight is 602 g/mol. The molecule has 5 heteroatoms. The van der Waals surface area contributed by atoms with Crippen molar-refractivity contribution in [2.24, 2.45) is 0 Å². The van der Waals surface area contributed by atoms with Gasteiger partial charge in [-0.15, -0.1) is 0 Å². The molecular formula is C42H27N5. The zero-order valence-corrected chi connectivity index (χ0v) is 25.3. The summed E-state index contributed by atoms with van der Waals surface area (Å²) >= 11 is 0. The lowest BCUT2D eigenvalue weighted by Crippen LogP contribution is -1.98. The third-order valence-electron chi connectivity index (χ3n) is 8.76. The van der Waals surface area contributed by atoms with Crippen LogP contribution in [-0.4, -0.2) is 24.5 Å². The second kappa shape index (κ2) is 11.2. The monoisotopic (exact) mass is 601 g/mol. The SMILES string of the molecule is c1ccc(-c2nc(-c3ccc(-c4ccc(-n5c6ccccc6c6ccccc65)cc4)cc3)cc(-c3ncnc4ccccc34)n2)cc1. The molecule has 0 amide bonds. The van der Waals surface area contributed by atoms with Gasteiger partial charge in [0.1, 0.15) is 12.0 Å². The van der Waals surface area contributed by atoms with Crippen molar-refractivity contribution in [1.82, 2.24) is 24.5 Å². The molecule has 0 aliphatic carbocycles. The molecule has 0 bridgehead atoms. The Labute approximate surface area is 271 Å². The van der Waals surface area contributed by atoms with Gasteiger partial charge in [-0.3, -0.25) is 0 Å². The van der Waals surface area contributed by atoms with Crippen LogP contribution in [0, 0.1) is 0 Å². The Hall–Kier alpha value is -6.46. The van der Waals surface area contributed by atoms with Crippen molar-refractivity contribution < 1.29 is 0 Å². The number of rotatable bonds is 5. The number of hydrogen-bond donors (Lipinski definition) is 0. The van der Waals surface area contributed by atoms with Crippen LogP contribution in [0.3, 0.4) is 0 Å². The summed E-state index contributed by atoms with van der Waals surface area (Å²) in [6.45, 7) is 0. The lowest BCUT2D eigenvalue weighted by molar-refractivity contribution is 1.15. The molecule has 5 nitrogen and oxygen atoms in total. The zero-order chi connectivity index (χ0) is 31.2. The van der Waals surface area contributed by atoms with Crippen LogP contribution in [0.1, 0.15) is 0 Å². The van der Waals surface area contributed by atoms with Gasteiger partial charge in [-0.05, 0) is 47.5 Å². The Balaban J connectivity index is 1.09. The van der Waals surface area contributed by atoms with E-state index in [1.54, 1.807) is 6.33 Å². The van der Waals surface area contributed by atoms with E-state index in [-0.39, 0.29) is 0 Å². The maximum atomic E-state index is 5.01. The van der Waals surface area contributed by atoms with Crippen molar-refractivity contribution in [2.45, 2.75) is 0 Å². The van der Waals surface area contributed by atoms with Gasteiger partial charge in [0.25, 0.3) is 0 Å². The lowest BCUT2D eigenvalue weighted by Gasteiger charge is -2.11. The Kier molecular flexibility index (Phi) is 6.39. The van der Waals surface area contributed by atoms with Gasteiger partial charge in [0.05, 0.1) is 27.9 Å². The summed E-state index contributed by atoms with van der Waals surface area (Å²) in [5.74, 6) is 0.658. The van der Waals surface area contributed by atoms with E-state index in [4.69, 9.17) is 9.97 Å².